The van der Waals surface area contributed by atoms with E-state index >= 15 is 0 Å². The van der Waals surface area contributed by atoms with Crippen molar-refractivity contribution in [2.75, 3.05) is 6.54 Å². The van der Waals surface area contributed by atoms with Crippen LogP contribution in [0.25, 0.3) is 0 Å². The number of carbonyl (C=O) groups is 1. The molecular formula is C18H25NO2. The predicted molar refractivity (Wildman–Crippen MR) is 83.4 cm³/mol. The minimum Gasteiger partial charge on any atom is -0.480 e. The van der Waals surface area contributed by atoms with Crippen LogP contribution in [-0.2, 0) is 10.2 Å². The first-order valence-corrected chi connectivity index (χ1v) is 8.14. The van der Waals surface area contributed by atoms with Gasteiger partial charge in [-0.1, -0.05) is 43.7 Å². The fourth-order valence-electron chi connectivity index (χ4n) is 4.25. The van der Waals surface area contributed by atoms with Gasteiger partial charge in [0.05, 0.1) is 0 Å². The first kappa shape index (κ1) is 14.6. The Hall–Kier alpha value is -1.35. The van der Waals surface area contributed by atoms with Crippen molar-refractivity contribution < 1.29 is 9.90 Å². The number of carboxylic acids is 1. The quantitative estimate of drug-likeness (QED) is 0.926. The zero-order valence-corrected chi connectivity index (χ0v) is 12.8. The summed E-state index contributed by atoms with van der Waals surface area (Å²) in [4.78, 5) is 13.8. The lowest BCUT2D eigenvalue weighted by atomic mass is 9.80. The van der Waals surface area contributed by atoms with Gasteiger partial charge >= 0.3 is 5.97 Å². The molecule has 1 heterocycles. The van der Waals surface area contributed by atoms with Crippen LogP contribution in [0, 0.1) is 0 Å². The number of likely N-dealkylation sites (tertiary alicyclic amines) is 1. The number of nitrogens with zero attached hydrogens (tertiary/aromatic N) is 1. The molecule has 1 saturated carbocycles. The van der Waals surface area contributed by atoms with Crippen molar-refractivity contribution in [1.29, 1.82) is 0 Å². The Labute approximate surface area is 127 Å². The highest BCUT2D eigenvalue weighted by Gasteiger charge is 2.42. The molecule has 2 aliphatic rings. The second kappa shape index (κ2) is 5.80. The highest BCUT2D eigenvalue weighted by atomic mass is 16.4. The number of hydrogen-bond donors (Lipinski definition) is 1. The molecule has 3 atom stereocenters. The van der Waals surface area contributed by atoms with Gasteiger partial charge in [-0.15, -0.1) is 0 Å². The van der Waals surface area contributed by atoms with Gasteiger partial charge in [0.25, 0.3) is 0 Å². The number of carboxylic acid groups (broad SMARTS) is 1. The summed E-state index contributed by atoms with van der Waals surface area (Å²) in [7, 11) is 0. The molecule has 1 N–H and O–H groups in total. The van der Waals surface area contributed by atoms with Crippen LogP contribution in [0.1, 0.15) is 51.0 Å². The summed E-state index contributed by atoms with van der Waals surface area (Å²) in [5, 5.41) is 9.47. The summed E-state index contributed by atoms with van der Waals surface area (Å²) in [6, 6.07) is 10.9. The van der Waals surface area contributed by atoms with Crippen molar-refractivity contribution >= 4 is 5.97 Å². The molecule has 1 aliphatic heterocycles. The molecule has 0 spiro atoms. The summed E-state index contributed by atoms with van der Waals surface area (Å²) in [5.41, 5.74) is 1.60. The molecular weight excluding hydrogens is 262 g/mol. The van der Waals surface area contributed by atoms with Gasteiger partial charge in [-0.2, -0.15) is 0 Å². The van der Waals surface area contributed by atoms with Gasteiger partial charge in [0.1, 0.15) is 6.04 Å². The summed E-state index contributed by atoms with van der Waals surface area (Å²) in [5.74, 6) is -0.636. The number of aliphatic carboxylic acids is 1. The third-order valence-electron chi connectivity index (χ3n) is 5.48. The molecule has 3 nitrogen and oxygen atoms in total. The highest BCUT2D eigenvalue weighted by molar-refractivity contribution is 5.73. The third-order valence-corrected chi connectivity index (χ3v) is 5.48. The maximum Gasteiger partial charge on any atom is 0.320 e. The van der Waals surface area contributed by atoms with Gasteiger partial charge in [-0.25, -0.2) is 0 Å². The Kier molecular flexibility index (Phi) is 4.03. The Morgan fingerprint density at radius 3 is 2.71 bits per heavy atom. The van der Waals surface area contributed by atoms with Crippen molar-refractivity contribution in [1.82, 2.24) is 4.90 Å². The fourth-order valence-corrected chi connectivity index (χ4v) is 4.25. The largest absolute Gasteiger partial charge is 0.480 e. The molecule has 0 radical (unpaired) electrons. The summed E-state index contributed by atoms with van der Waals surface area (Å²) in [6.07, 6.45) is 6.37. The minimum atomic E-state index is -0.636. The number of piperidine rings is 1. The van der Waals surface area contributed by atoms with E-state index in [0.717, 1.165) is 45.1 Å². The molecule has 0 unspecified atom stereocenters. The maximum absolute atomic E-state index is 11.5. The van der Waals surface area contributed by atoms with E-state index in [4.69, 9.17) is 0 Å². The average molecular weight is 287 g/mol. The van der Waals surface area contributed by atoms with E-state index in [1.54, 1.807) is 0 Å². The van der Waals surface area contributed by atoms with Crippen LogP contribution < -0.4 is 0 Å². The minimum absolute atomic E-state index is 0.201. The number of hydrogen-bond acceptors (Lipinski definition) is 2. The lowest BCUT2D eigenvalue weighted by Crippen LogP contribution is -2.49. The van der Waals surface area contributed by atoms with E-state index in [-0.39, 0.29) is 11.5 Å². The number of benzene rings is 1. The van der Waals surface area contributed by atoms with Gasteiger partial charge in [-0.05, 0) is 49.6 Å². The van der Waals surface area contributed by atoms with Gasteiger partial charge in [-0.3, -0.25) is 9.69 Å². The van der Waals surface area contributed by atoms with Gasteiger partial charge in [0.15, 0.2) is 0 Å². The normalized spacial score (nSPS) is 34.0. The molecule has 1 aromatic rings. The van der Waals surface area contributed by atoms with Crippen LogP contribution in [-0.4, -0.2) is 34.6 Å². The second-order valence-corrected chi connectivity index (χ2v) is 6.91. The molecule has 114 valence electrons. The Morgan fingerprint density at radius 2 is 2.00 bits per heavy atom. The van der Waals surface area contributed by atoms with Crippen molar-refractivity contribution in [2.24, 2.45) is 0 Å². The van der Waals surface area contributed by atoms with E-state index in [2.05, 4.69) is 42.2 Å². The molecule has 1 aromatic carbocycles. The van der Waals surface area contributed by atoms with Crippen molar-refractivity contribution in [2.45, 2.75) is 62.9 Å². The lowest BCUT2D eigenvalue weighted by molar-refractivity contribution is -0.145. The highest BCUT2D eigenvalue weighted by Crippen LogP contribution is 2.43. The topological polar surface area (TPSA) is 40.5 Å². The van der Waals surface area contributed by atoms with E-state index in [9.17, 15) is 9.90 Å². The third kappa shape index (κ3) is 2.84. The van der Waals surface area contributed by atoms with E-state index < -0.39 is 5.97 Å². The van der Waals surface area contributed by atoms with Gasteiger partial charge < -0.3 is 5.11 Å². The van der Waals surface area contributed by atoms with Gasteiger partial charge in [0.2, 0.25) is 0 Å². The van der Waals surface area contributed by atoms with E-state index in [0.29, 0.717) is 6.04 Å². The first-order chi connectivity index (χ1) is 10.1. The SMILES string of the molecule is C[C@]1(c2ccccc2)CC[C@H](N2CCCC[C@@H]2C(=O)O)C1. The zero-order chi connectivity index (χ0) is 14.9. The predicted octanol–water partition coefficient (Wildman–Crippen LogP) is 3.44. The molecule has 21 heavy (non-hydrogen) atoms. The fraction of sp³-hybridized carbons (Fsp3) is 0.611. The van der Waals surface area contributed by atoms with E-state index in [1.165, 1.54) is 5.56 Å². The van der Waals surface area contributed by atoms with Crippen LogP contribution in [0.3, 0.4) is 0 Å². The monoisotopic (exact) mass is 287 g/mol. The molecule has 0 amide bonds. The summed E-state index contributed by atoms with van der Waals surface area (Å²) in [6.45, 7) is 3.29. The Morgan fingerprint density at radius 1 is 1.24 bits per heavy atom. The first-order valence-electron chi connectivity index (χ1n) is 8.14. The Balaban J connectivity index is 1.75. The van der Waals surface area contributed by atoms with Gasteiger partial charge in [0, 0.05) is 6.04 Å². The molecule has 3 rings (SSSR count). The van der Waals surface area contributed by atoms with Crippen molar-refractivity contribution in [3.05, 3.63) is 35.9 Å². The van der Waals surface area contributed by atoms with E-state index in [1.807, 2.05) is 0 Å². The molecule has 0 bridgehead atoms. The molecule has 3 heteroatoms. The molecule has 1 aliphatic carbocycles. The van der Waals surface area contributed by atoms with Crippen LogP contribution in [0.15, 0.2) is 30.3 Å². The van der Waals surface area contributed by atoms with Crippen LogP contribution in [0.4, 0.5) is 0 Å². The summed E-state index contributed by atoms with van der Waals surface area (Å²) >= 11 is 0. The molecule has 2 fully saturated rings. The standard InChI is InChI=1S/C18H25NO2/c1-18(14-7-3-2-4-8-14)11-10-15(13-18)19-12-6-5-9-16(19)17(20)21/h2-4,7-8,15-16H,5-6,9-13H2,1H3,(H,20,21)/t15-,16+,18-/m0/s1. The van der Waals surface area contributed by atoms with Crippen LogP contribution >= 0.6 is 0 Å². The lowest BCUT2D eigenvalue weighted by Gasteiger charge is -2.38. The Bertz CT molecular complexity index is 501. The number of rotatable bonds is 3. The molecule has 0 aromatic heterocycles. The van der Waals surface area contributed by atoms with Crippen LogP contribution in [0.5, 0.6) is 0 Å². The smallest absolute Gasteiger partial charge is 0.320 e. The van der Waals surface area contributed by atoms with Crippen molar-refractivity contribution in [3.63, 3.8) is 0 Å². The maximum atomic E-state index is 11.5. The average Bonchev–Trinajstić information content (AvgIpc) is 2.92. The second-order valence-electron chi connectivity index (χ2n) is 6.91. The van der Waals surface area contributed by atoms with Crippen molar-refractivity contribution in [3.8, 4) is 0 Å². The van der Waals surface area contributed by atoms with Crippen LogP contribution in [0.2, 0.25) is 0 Å². The zero-order valence-electron chi connectivity index (χ0n) is 12.8. The molecule has 1 saturated heterocycles. The summed E-state index contributed by atoms with van der Waals surface area (Å²) < 4.78 is 0.